The first-order valence-electron chi connectivity index (χ1n) is 18.1. The maximum Gasteiger partial charge on any atom is 0.249 e. The SMILES string of the molecule is CCCCCCCC/C=C\CCC[C@@H](O)[C@@H](O)[C@H](CO[C@@H]1O[C@H](CO)[C@@H](O)[C@H](O)[C@H]1O)NC(=O)[C@H](O)CCCCCCCCCC. The summed E-state index contributed by atoms with van der Waals surface area (Å²) in [7, 11) is 0. The van der Waals surface area contributed by atoms with Gasteiger partial charge in [0.15, 0.2) is 6.29 Å². The van der Waals surface area contributed by atoms with E-state index in [2.05, 4.69) is 31.3 Å². The zero-order valence-electron chi connectivity index (χ0n) is 28.6. The van der Waals surface area contributed by atoms with Crippen molar-refractivity contribution < 1.29 is 50.0 Å². The largest absolute Gasteiger partial charge is 0.394 e. The number of carbonyl (C=O) groups excluding carboxylic acids is 1. The van der Waals surface area contributed by atoms with E-state index in [1.54, 1.807) is 0 Å². The molecule has 11 heteroatoms. The molecule has 0 aromatic rings. The first-order chi connectivity index (χ1) is 22.2. The summed E-state index contributed by atoms with van der Waals surface area (Å²) in [4.78, 5) is 12.9. The molecule has 8 N–H and O–H groups in total. The zero-order chi connectivity index (χ0) is 34.2. The van der Waals surface area contributed by atoms with Gasteiger partial charge in [-0.1, -0.05) is 109 Å². The third-order valence-electron chi connectivity index (χ3n) is 8.82. The molecular weight excluding hydrogens is 594 g/mol. The molecule has 11 nitrogen and oxygen atoms in total. The summed E-state index contributed by atoms with van der Waals surface area (Å²) >= 11 is 0. The number of rotatable bonds is 28. The fraction of sp³-hybridized carbons (Fsp3) is 0.914. The van der Waals surface area contributed by atoms with Crippen molar-refractivity contribution in [3.8, 4) is 0 Å². The standard InChI is InChI=1S/C35H67NO10/c1-3-5-7-9-11-13-14-15-17-18-20-22-27(38)30(40)26(25-45-35-33(43)32(42)31(41)29(24-37)46-35)36-34(44)28(39)23-21-19-16-12-10-8-6-4-2/h15,17,26-33,35,37-43H,3-14,16,18-25H2,1-2H3,(H,36,44)/b17-15-/t26-,27+,28+,29+,30-,31+,32-,33+,35+/m0/s1. The van der Waals surface area contributed by atoms with Crippen LogP contribution >= 0.6 is 0 Å². The molecule has 0 radical (unpaired) electrons. The Morgan fingerprint density at radius 1 is 0.739 bits per heavy atom. The number of nitrogens with one attached hydrogen (secondary N) is 1. The highest BCUT2D eigenvalue weighted by atomic mass is 16.7. The normalized spacial score (nSPS) is 24.6. The summed E-state index contributed by atoms with van der Waals surface area (Å²) in [6.45, 7) is 3.31. The number of allylic oxidation sites excluding steroid dienone is 2. The summed E-state index contributed by atoms with van der Waals surface area (Å²) in [5.74, 6) is -0.714. The van der Waals surface area contributed by atoms with Gasteiger partial charge in [-0.15, -0.1) is 0 Å². The molecule has 0 spiro atoms. The van der Waals surface area contributed by atoms with Crippen LogP contribution in [0.25, 0.3) is 0 Å². The van der Waals surface area contributed by atoms with Gasteiger partial charge in [-0.25, -0.2) is 0 Å². The van der Waals surface area contributed by atoms with Gasteiger partial charge in [-0.2, -0.15) is 0 Å². The zero-order valence-corrected chi connectivity index (χ0v) is 28.6. The Hall–Kier alpha value is -1.15. The van der Waals surface area contributed by atoms with E-state index in [1.807, 2.05) is 0 Å². The van der Waals surface area contributed by atoms with Crippen LogP contribution in [0, 0.1) is 0 Å². The minimum absolute atomic E-state index is 0.255. The second-order valence-corrected chi connectivity index (χ2v) is 12.9. The van der Waals surface area contributed by atoms with Crippen molar-refractivity contribution in [3.05, 3.63) is 12.2 Å². The minimum Gasteiger partial charge on any atom is -0.394 e. The molecule has 1 rings (SSSR count). The monoisotopic (exact) mass is 661 g/mol. The Kier molecular flexibility index (Phi) is 24.9. The van der Waals surface area contributed by atoms with E-state index in [1.165, 1.54) is 57.8 Å². The quantitative estimate of drug-likeness (QED) is 0.0456. The third-order valence-corrected chi connectivity index (χ3v) is 8.82. The lowest BCUT2D eigenvalue weighted by Crippen LogP contribution is -2.60. The van der Waals surface area contributed by atoms with Gasteiger partial charge in [0.25, 0.3) is 0 Å². The Morgan fingerprint density at radius 2 is 1.28 bits per heavy atom. The number of amides is 1. The van der Waals surface area contributed by atoms with Gasteiger partial charge >= 0.3 is 0 Å². The van der Waals surface area contributed by atoms with Crippen LogP contribution < -0.4 is 5.32 Å². The van der Waals surface area contributed by atoms with E-state index in [4.69, 9.17) is 9.47 Å². The van der Waals surface area contributed by atoms with E-state index in [9.17, 15) is 40.5 Å². The van der Waals surface area contributed by atoms with Crippen LogP contribution in [0.2, 0.25) is 0 Å². The number of aliphatic hydroxyl groups excluding tert-OH is 7. The number of hydrogen-bond donors (Lipinski definition) is 8. The second kappa shape index (κ2) is 26.8. The average Bonchev–Trinajstić information content (AvgIpc) is 3.05. The predicted molar refractivity (Wildman–Crippen MR) is 178 cm³/mol. The van der Waals surface area contributed by atoms with Gasteiger partial charge in [0, 0.05) is 0 Å². The van der Waals surface area contributed by atoms with Crippen LogP contribution in [-0.2, 0) is 14.3 Å². The van der Waals surface area contributed by atoms with Gasteiger partial charge < -0.3 is 50.5 Å². The molecule has 0 aliphatic carbocycles. The van der Waals surface area contributed by atoms with Crippen LogP contribution in [0.3, 0.4) is 0 Å². The van der Waals surface area contributed by atoms with Gasteiger partial charge in [-0.3, -0.25) is 4.79 Å². The molecule has 0 aromatic carbocycles. The Morgan fingerprint density at radius 3 is 1.87 bits per heavy atom. The molecule has 1 heterocycles. The molecule has 1 aliphatic rings. The number of unbranched alkanes of at least 4 members (excludes halogenated alkanes) is 14. The van der Waals surface area contributed by atoms with Crippen molar-refractivity contribution in [1.29, 1.82) is 0 Å². The molecule has 272 valence electrons. The molecule has 46 heavy (non-hydrogen) atoms. The number of ether oxygens (including phenoxy) is 2. The molecule has 0 unspecified atom stereocenters. The predicted octanol–water partition coefficient (Wildman–Crippen LogP) is 3.38. The van der Waals surface area contributed by atoms with Crippen molar-refractivity contribution >= 4 is 5.91 Å². The first-order valence-corrected chi connectivity index (χ1v) is 18.1. The van der Waals surface area contributed by atoms with E-state index < -0.39 is 74.2 Å². The molecule has 1 aliphatic heterocycles. The topological polar surface area (TPSA) is 189 Å². The molecule has 0 bridgehead atoms. The van der Waals surface area contributed by atoms with Crippen LogP contribution in [-0.4, -0.2) is 110 Å². The van der Waals surface area contributed by atoms with Gasteiger partial charge in [0.2, 0.25) is 5.91 Å². The van der Waals surface area contributed by atoms with Gasteiger partial charge in [0.05, 0.1) is 25.4 Å². The fourth-order valence-corrected chi connectivity index (χ4v) is 5.67. The van der Waals surface area contributed by atoms with E-state index in [-0.39, 0.29) is 12.8 Å². The Bertz CT molecular complexity index is 770. The van der Waals surface area contributed by atoms with Crippen LogP contribution in [0.1, 0.15) is 136 Å². The molecule has 9 atom stereocenters. The average molecular weight is 662 g/mol. The second-order valence-electron chi connectivity index (χ2n) is 12.9. The molecular formula is C35H67NO10. The van der Waals surface area contributed by atoms with Gasteiger partial charge in [-0.05, 0) is 38.5 Å². The maximum atomic E-state index is 12.9. The minimum atomic E-state index is -1.66. The summed E-state index contributed by atoms with van der Waals surface area (Å²) < 4.78 is 11.0. The molecule has 1 saturated heterocycles. The summed E-state index contributed by atoms with van der Waals surface area (Å²) in [6.07, 6.45) is 11.6. The van der Waals surface area contributed by atoms with E-state index in [0.717, 1.165) is 38.5 Å². The summed E-state index contributed by atoms with van der Waals surface area (Å²) in [5, 5.41) is 74.8. The van der Waals surface area contributed by atoms with Crippen molar-refractivity contribution in [1.82, 2.24) is 5.32 Å². The van der Waals surface area contributed by atoms with Crippen molar-refractivity contribution in [3.63, 3.8) is 0 Å². The van der Waals surface area contributed by atoms with Crippen LogP contribution in [0.4, 0.5) is 0 Å². The van der Waals surface area contributed by atoms with Crippen molar-refractivity contribution in [2.45, 2.75) is 191 Å². The molecule has 0 saturated carbocycles. The maximum absolute atomic E-state index is 12.9. The highest BCUT2D eigenvalue weighted by molar-refractivity contribution is 5.80. The fourth-order valence-electron chi connectivity index (χ4n) is 5.67. The third kappa shape index (κ3) is 17.8. The van der Waals surface area contributed by atoms with Crippen molar-refractivity contribution in [2.24, 2.45) is 0 Å². The van der Waals surface area contributed by atoms with E-state index >= 15 is 0 Å². The molecule has 1 amide bonds. The first kappa shape index (κ1) is 42.9. The van der Waals surface area contributed by atoms with E-state index in [0.29, 0.717) is 12.8 Å². The summed E-state index contributed by atoms with van der Waals surface area (Å²) in [5.41, 5.74) is 0. The lowest BCUT2D eigenvalue weighted by atomic mass is 9.98. The highest BCUT2D eigenvalue weighted by Crippen LogP contribution is 2.23. The molecule has 1 fully saturated rings. The summed E-state index contributed by atoms with van der Waals surface area (Å²) in [6, 6.07) is -1.17. The number of aliphatic hydroxyl groups is 7. The highest BCUT2D eigenvalue weighted by Gasteiger charge is 2.44. The lowest BCUT2D eigenvalue weighted by molar-refractivity contribution is -0.303. The smallest absolute Gasteiger partial charge is 0.249 e. The Labute approximate surface area is 277 Å². The number of hydrogen-bond acceptors (Lipinski definition) is 10. The van der Waals surface area contributed by atoms with Crippen LogP contribution in [0.5, 0.6) is 0 Å². The molecule has 0 aromatic heterocycles. The van der Waals surface area contributed by atoms with Crippen LogP contribution in [0.15, 0.2) is 12.2 Å². The van der Waals surface area contributed by atoms with Gasteiger partial charge in [0.1, 0.15) is 36.6 Å². The Balaban J connectivity index is 2.65. The van der Waals surface area contributed by atoms with Crippen molar-refractivity contribution in [2.75, 3.05) is 13.2 Å². The number of carbonyl (C=O) groups is 1. The lowest BCUT2D eigenvalue weighted by Gasteiger charge is -2.40.